The molecule has 9 heteroatoms. The second kappa shape index (κ2) is 9.70. The molecule has 1 unspecified atom stereocenters. The monoisotopic (exact) mass is 460 g/mol. The number of carbonyl (C=O) groups is 2. The molecule has 184 valence electrons. The molecule has 0 aromatic carbocycles. The number of likely N-dealkylation sites (tertiary alicyclic amines) is 3. The van der Waals surface area contributed by atoms with Gasteiger partial charge in [-0.05, 0) is 64.6 Å². The van der Waals surface area contributed by atoms with Crippen LogP contribution in [0.2, 0.25) is 0 Å². The Bertz CT molecular complexity index is 839. The van der Waals surface area contributed by atoms with E-state index in [4.69, 9.17) is 4.52 Å². The van der Waals surface area contributed by atoms with E-state index in [2.05, 4.69) is 27.0 Å². The van der Waals surface area contributed by atoms with Crippen molar-refractivity contribution in [3.63, 3.8) is 0 Å². The minimum atomic E-state index is -0.0478. The molecule has 4 heterocycles. The van der Waals surface area contributed by atoms with Crippen molar-refractivity contribution in [2.45, 2.75) is 65.0 Å². The van der Waals surface area contributed by atoms with Crippen molar-refractivity contribution in [3.05, 3.63) is 11.7 Å². The standard InChI is InChI=1S/C24H40N6O3/c1-17(2)23(32)29-12-8-24(9-13-29)14-20(22-25-18(3)26-33-22)30(16-24)15-21(31)28(5)19-6-10-27(4)11-7-19/h17,19-20H,6-16H2,1-5H3. The van der Waals surface area contributed by atoms with Crippen molar-refractivity contribution in [1.82, 2.24) is 29.7 Å². The number of aryl methyl sites for hydroxylation is 1. The molecule has 0 radical (unpaired) electrons. The number of piperidine rings is 2. The van der Waals surface area contributed by atoms with Gasteiger partial charge in [0.2, 0.25) is 17.7 Å². The smallest absolute Gasteiger partial charge is 0.244 e. The van der Waals surface area contributed by atoms with Gasteiger partial charge in [-0.25, -0.2) is 0 Å². The van der Waals surface area contributed by atoms with Crippen LogP contribution < -0.4 is 0 Å². The SMILES string of the molecule is Cc1noc(C2CC3(CCN(C(=O)C(C)C)CC3)CN2CC(=O)N(C)C2CCN(C)CC2)n1. The number of hydrogen-bond acceptors (Lipinski definition) is 7. The molecule has 0 saturated carbocycles. The van der Waals surface area contributed by atoms with Crippen LogP contribution in [-0.2, 0) is 9.59 Å². The van der Waals surface area contributed by atoms with Gasteiger partial charge in [-0.3, -0.25) is 14.5 Å². The van der Waals surface area contributed by atoms with Crippen molar-refractivity contribution >= 4 is 11.8 Å². The molecule has 3 aliphatic rings. The molecule has 0 aliphatic carbocycles. The highest BCUT2D eigenvalue weighted by atomic mass is 16.5. The van der Waals surface area contributed by atoms with Gasteiger partial charge in [0.05, 0.1) is 12.6 Å². The fourth-order valence-corrected chi connectivity index (χ4v) is 5.80. The van der Waals surface area contributed by atoms with Gasteiger partial charge in [-0.2, -0.15) is 4.98 Å². The summed E-state index contributed by atoms with van der Waals surface area (Å²) in [4.78, 5) is 38.8. The molecule has 1 aromatic rings. The van der Waals surface area contributed by atoms with Crippen LogP contribution in [0.15, 0.2) is 4.52 Å². The van der Waals surface area contributed by atoms with Gasteiger partial charge in [0.15, 0.2) is 5.82 Å². The van der Waals surface area contributed by atoms with Crippen molar-refractivity contribution in [1.29, 1.82) is 0 Å². The Morgan fingerprint density at radius 1 is 1.18 bits per heavy atom. The number of nitrogens with zero attached hydrogens (tertiary/aromatic N) is 6. The second-order valence-corrected chi connectivity index (χ2v) is 10.8. The molecular formula is C24H40N6O3. The van der Waals surface area contributed by atoms with E-state index in [1.807, 2.05) is 37.6 Å². The zero-order valence-corrected chi connectivity index (χ0v) is 20.9. The van der Waals surface area contributed by atoms with Crippen molar-refractivity contribution < 1.29 is 14.1 Å². The van der Waals surface area contributed by atoms with E-state index < -0.39 is 0 Å². The summed E-state index contributed by atoms with van der Waals surface area (Å²) in [5.41, 5.74) is 0.0766. The number of amides is 2. The number of likely N-dealkylation sites (N-methyl/N-ethyl adjacent to an activating group) is 1. The minimum Gasteiger partial charge on any atom is -0.342 e. The maximum atomic E-state index is 13.3. The molecule has 9 nitrogen and oxygen atoms in total. The highest BCUT2D eigenvalue weighted by Gasteiger charge is 2.49. The van der Waals surface area contributed by atoms with Gasteiger partial charge in [0.25, 0.3) is 0 Å². The first-order valence-corrected chi connectivity index (χ1v) is 12.4. The number of aromatic nitrogens is 2. The Balaban J connectivity index is 1.45. The lowest BCUT2D eigenvalue weighted by Gasteiger charge is -2.40. The van der Waals surface area contributed by atoms with E-state index in [-0.39, 0.29) is 29.2 Å². The zero-order valence-electron chi connectivity index (χ0n) is 20.9. The van der Waals surface area contributed by atoms with Crippen LogP contribution >= 0.6 is 0 Å². The van der Waals surface area contributed by atoms with Gasteiger partial charge in [0.1, 0.15) is 0 Å². The summed E-state index contributed by atoms with van der Waals surface area (Å²) in [6.45, 7) is 10.6. The van der Waals surface area contributed by atoms with Gasteiger partial charge in [0, 0.05) is 38.6 Å². The van der Waals surface area contributed by atoms with E-state index in [9.17, 15) is 9.59 Å². The van der Waals surface area contributed by atoms with Crippen LogP contribution in [0, 0.1) is 18.3 Å². The van der Waals surface area contributed by atoms with E-state index >= 15 is 0 Å². The lowest BCUT2D eigenvalue weighted by atomic mass is 9.76. The van der Waals surface area contributed by atoms with Crippen molar-refractivity contribution in [2.75, 3.05) is 53.4 Å². The van der Waals surface area contributed by atoms with Gasteiger partial charge in [-0.15, -0.1) is 0 Å². The molecular weight excluding hydrogens is 420 g/mol. The lowest BCUT2D eigenvalue weighted by Crippen LogP contribution is -2.48. The maximum Gasteiger partial charge on any atom is 0.244 e. The third-order valence-corrected chi connectivity index (χ3v) is 8.03. The third-order valence-electron chi connectivity index (χ3n) is 8.03. The van der Waals surface area contributed by atoms with Crippen molar-refractivity contribution in [2.24, 2.45) is 11.3 Å². The topological polar surface area (TPSA) is 86.0 Å². The average Bonchev–Trinajstić information content (AvgIpc) is 3.37. The van der Waals surface area contributed by atoms with Crippen LogP contribution in [0.4, 0.5) is 0 Å². The van der Waals surface area contributed by atoms with E-state index in [1.54, 1.807) is 0 Å². The number of rotatable bonds is 5. The largest absolute Gasteiger partial charge is 0.342 e. The normalized spacial score (nSPS) is 24.7. The number of hydrogen-bond donors (Lipinski definition) is 0. The third kappa shape index (κ3) is 5.24. The number of carbonyl (C=O) groups excluding carboxylic acids is 2. The van der Waals surface area contributed by atoms with E-state index in [1.165, 1.54) is 0 Å². The molecule has 3 fully saturated rings. The highest BCUT2D eigenvalue weighted by Crippen LogP contribution is 2.48. The lowest BCUT2D eigenvalue weighted by molar-refractivity contribution is -0.136. The van der Waals surface area contributed by atoms with Crippen LogP contribution in [0.5, 0.6) is 0 Å². The minimum absolute atomic E-state index is 0.0287. The van der Waals surface area contributed by atoms with Gasteiger partial charge >= 0.3 is 0 Å². The molecule has 2 amide bonds. The average molecular weight is 461 g/mol. The zero-order chi connectivity index (χ0) is 23.8. The van der Waals surface area contributed by atoms with Gasteiger partial charge < -0.3 is 19.2 Å². The van der Waals surface area contributed by atoms with E-state index in [0.29, 0.717) is 24.3 Å². The fraction of sp³-hybridized carbons (Fsp3) is 0.833. The molecule has 1 aromatic heterocycles. The molecule has 0 bridgehead atoms. The summed E-state index contributed by atoms with van der Waals surface area (Å²) < 4.78 is 5.58. The molecule has 33 heavy (non-hydrogen) atoms. The first kappa shape index (κ1) is 24.1. The molecule has 3 aliphatic heterocycles. The quantitative estimate of drug-likeness (QED) is 0.664. The van der Waals surface area contributed by atoms with Crippen LogP contribution in [-0.4, -0.2) is 101 Å². The Morgan fingerprint density at radius 2 is 1.85 bits per heavy atom. The predicted molar refractivity (Wildman–Crippen MR) is 124 cm³/mol. The van der Waals surface area contributed by atoms with Crippen LogP contribution in [0.3, 0.4) is 0 Å². The summed E-state index contributed by atoms with van der Waals surface area (Å²) >= 11 is 0. The summed E-state index contributed by atoms with van der Waals surface area (Å²) in [7, 11) is 4.09. The summed E-state index contributed by atoms with van der Waals surface area (Å²) in [5, 5.41) is 4.01. The van der Waals surface area contributed by atoms with Crippen LogP contribution in [0.1, 0.15) is 63.7 Å². The first-order chi connectivity index (χ1) is 15.7. The Kier molecular flexibility index (Phi) is 7.09. The molecule has 1 atom stereocenters. The molecule has 1 spiro atoms. The molecule has 3 saturated heterocycles. The first-order valence-electron chi connectivity index (χ1n) is 12.4. The Morgan fingerprint density at radius 3 is 2.42 bits per heavy atom. The van der Waals surface area contributed by atoms with Crippen molar-refractivity contribution in [3.8, 4) is 0 Å². The second-order valence-electron chi connectivity index (χ2n) is 10.8. The molecule has 4 rings (SSSR count). The predicted octanol–water partition coefficient (Wildman–Crippen LogP) is 1.94. The Hall–Kier alpha value is -2.00. The van der Waals surface area contributed by atoms with Crippen LogP contribution in [0.25, 0.3) is 0 Å². The molecule has 0 N–H and O–H groups in total. The summed E-state index contributed by atoms with van der Waals surface area (Å²) in [5.74, 6) is 1.66. The maximum absolute atomic E-state index is 13.3. The fourth-order valence-electron chi connectivity index (χ4n) is 5.80. The Labute approximate surface area is 197 Å². The highest BCUT2D eigenvalue weighted by molar-refractivity contribution is 5.79. The summed E-state index contributed by atoms with van der Waals surface area (Å²) in [6.07, 6.45) is 4.84. The van der Waals surface area contributed by atoms with E-state index in [0.717, 1.165) is 64.8 Å². The summed E-state index contributed by atoms with van der Waals surface area (Å²) in [6, 6.07) is 0.257. The van der Waals surface area contributed by atoms with Gasteiger partial charge in [-0.1, -0.05) is 19.0 Å².